The van der Waals surface area contributed by atoms with Gasteiger partial charge in [0.15, 0.2) is 5.82 Å². The summed E-state index contributed by atoms with van der Waals surface area (Å²) in [6.45, 7) is 1.34. The Morgan fingerprint density at radius 2 is 2.04 bits per heavy atom. The first-order chi connectivity index (χ1) is 13.3. The monoisotopic (exact) mass is 375 g/mol. The lowest BCUT2D eigenvalue weighted by Crippen LogP contribution is -2.06. The Bertz CT molecular complexity index is 1240. The topological polar surface area (TPSA) is 68.6 Å². The molecule has 5 aromatic rings. The lowest BCUT2D eigenvalue weighted by molar-refractivity contribution is 0.188. The van der Waals surface area contributed by atoms with Crippen LogP contribution in [0.25, 0.3) is 44.2 Å². The van der Waals surface area contributed by atoms with Gasteiger partial charge in [-0.3, -0.25) is 0 Å². The Labute approximate surface area is 159 Å². The fourth-order valence-corrected chi connectivity index (χ4v) is 3.93. The second-order valence-corrected chi connectivity index (χ2v) is 7.12. The van der Waals surface area contributed by atoms with Gasteiger partial charge < -0.3 is 14.3 Å². The summed E-state index contributed by atoms with van der Waals surface area (Å²) in [4.78, 5) is 17.3. The van der Waals surface area contributed by atoms with E-state index in [-0.39, 0.29) is 0 Å². The average Bonchev–Trinajstić information content (AvgIpc) is 3.43. The Kier molecular flexibility index (Phi) is 3.95. The number of nitrogens with one attached hydrogen (secondary N) is 1. The Morgan fingerprint density at radius 1 is 1.11 bits per heavy atom. The first kappa shape index (κ1) is 16.2. The molecule has 27 heavy (non-hydrogen) atoms. The molecule has 0 radical (unpaired) electrons. The van der Waals surface area contributed by atoms with E-state index in [1.54, 1.807) is 18.4 Å². The zero-order valence-electron chi connectivity index (χ0n) is 14.7. The summed E-state index contributed by atoms with van der Waals surface area (Å²) in [5, 5.41) is 0. The number of thiazole rings is 1. The highest BCUT2D eigenvalue weighted by Gasteiger charge is 2.15. The molecule has 0 bridgehead atoms. The zero-order chi connectivity index (χ0) is 18.2. The molecule has 3 aromatic heterocycles. The number of aromatic nitrogens is 5. The molecule has 0 atom stereocenters. The van der Waals surface area contributed by atoms with Gasteiger partial charge in [0.1, 0.15) is 11.5 Å². The van der Waals surface area contributed by atoms with E-state index in [0.717, 1.165) is 46.0 Å². The number of rotatable bonds is 5. The smallest absolute Gasteiger partial charge is 0.161 e. The Balaban J connectivity index is 1.59. The number of methoxy groups -OCH3 is 1. The van der Waals surface area contributed by atoms with Crippen LogP contribution in [0.5, 0.6) is 0 Å². The van der Waals surface area contributed by atoms with E-state index in [0.29, 0.717) is 6.61 Å². The molecule has 0 aliphatic carbocycles. The number of para-hydroxylation sites is 2. The minimum Gasteiger partial charge on any atom is -0.383 e. The van der Waals surface area contributed by atoms with Gasteiger partial charge >= 0.3 is 0 Å². The van der Waals surface area contributed by atoms with Gasteiger partial charge in [-0.1, -0.05) is 12.1 Å². The van der Waals surface area contributed by atoms with Crippen molar-refractivity contribution in [3.8, 4) is 22.9 Å². The Morgan fingerprint density at radius 3 is 2.96 bits per heavy atom. The molecular weight excluding hydrogens is 358 g/mol. The van der Waals surface area contributed by atoms with E-state index in [1.807, 2.05) is 29.9 Å². The van der Waals surface area contributed by atoms with Crippen LogP contribution in [0.3, 0.4) is 0 Å². The van der Waals surface area contributed by atoms with Gasteiger partial charge in [-0.25, -0.2) is 15.0 Å². The molecule has 7 heteroatoms. The van der Waals surface area contributed by atoms with Gasteiger partial charge in [0.25, 0.3) is 0 Å². The number of benzene rings is 2. The fraction of sp³-hybridized carbons (Fsp3) is 0.150. The van der Waals surface area contributed by atoms with Crippen LogP contribution in [-0.2, 0) is 11.3 Å². The van der Waals surface area contributed by atoms with E-state index in [1.165, 1.54) is 4.70 Å². The summed E-state index contributed by atoms with van der Waals surface area (Å²) in [5.74, 6) is 1.65. The van der Waals surface area contributed by atoms with Crippen molar-refractivity contribution >= 4 is 32.6 Å². The molecule has 2 aromatic carbocycles. The molecule has 3 heterocycles. The third-order valence-corrected chi connectivity index (χ3v) is 5.39. The molecule has 6 nitrogen and oxygen atoms in total. The highest BCUT2D eigenvalue weighted by molar-refractivity contribution is 7.16. The van der Waals surface area contributed by atoms with Gasteiger partial charge in [-0.15, -0.1) is 11.3 Å². The van der Waals surface area contributed by atoms with E-state index >= 15 is 0 Å². The molecule has 0 saturated carbocycles. The van der Waals surface area contributed by atoms with E-state index < -0.39 is 0 Å². The number of H-pyrrole nitrogens is 1. The van der Waals surface area contributed by atoms with Gasteiger partial charge in [-0.05, 0) is 30.3 Å². The van der Waals surface area contributed by atoms with E-state index in [4.69, 9.17) is 14.7 Å². The molecule has 0 unspecified atom stereocenters. The number of hydrogen-bond acceptors (Lipinski definition) is 5. The van der Waals surface area contributed by atoms with Crippen LogP contribution in [0, 0.1) is 0 Å². The summed E-state index contributed by atoms with van der Waals surface area (Å²) in [7, 11) is 1.71. The summed E-state index contributed by atoms with van der Waals surface area (Å²) in [6.07, 6.45) is 1.91. The molecule has 0 spiro atoms. The van der Waals surface area contributed by atoms with E-state index in [9.17, 15) is 0 Å². The summed E-state index contributed by atoms with van der Waals surface area (Å²) in [5.41, 5.74) is 6.72. The molecule has 0 aliphatic heterocycles. The van der Waals surface area contributed by atoms with Gasteiger partial charge in [0.2, 0.25) is 0 Å². The first-order valence-electron chi connectivity index (χ1n) is 8.67. The number of aromatic amines is 1. The maximum Gasteiger partial charge on any atom is 0.161 e. The van der Waals surface area contributed by atoms with Crippen LogP contribution >= 0.6 is 11.3 Å². The first-order valence-corrected chi connectivity index (χ1v) is 9.55. The van der Waals surface area contributed by atoms with Crippen LogP contribution in [0.4, 0.5) is 0 Å². The second kappa shape index (κ2) is 6.61. The molecule has 0 saturated heterocycles. The molecule has 0 aliphatic rings. The predicted molar refractivity (Wildman–Crippen MR) is 108 cm³/mol. The maximum absolute atomic E-state index is 5.28. The summed E-state index contributed by atoms with van der Waals surface area (Å²) < 4.78 is 8.61. The van der Waals surface area contributed by atoms with Gasteiger partial charge in [-0.2, -0.15) is 0 Å². The molecule has 5 rings (SSSR count). The van der Waals surface area contributed by atoms with Crippen LogP contribution in [0.1, 0.15) is 0 Å². The zero-order valence-corrected chi connectivity index (χ0v) is 15.5. The van der Waals surface area contributed by atoms with Crippen LogP contribution in [0.2, 0.25) is 0 Å². The van der Waals surface area contributed by atoms with Crippen molar-refractivity contribution in [2.24, 2.45) is 0 Å². The molecule has 0 amide bonds. The Hall–Kier alpha value is -3.03. The van der Waals surface area contributed by atoms with Crippen molar-refractivity contribution in [3.05, 3.63) is 54.2 Å². The molecular formula is C20H17N5OS. The van der Waals surface area contributed by atoms with Crippen LogP contribution in [0.15, 0.2) is 54.2 Å². The summed E-state index contributed by atoms with van der Waals surface area (Å²) in [6, 6.07) is 14.3. The lowest BCUT2D eigenvalue weighted by Gasteiger charge is -2.06. The van der Waals surface area contributed by atoms with Gasteiger partial charge in [0, 0.05) is 25.4 Å². The van der Waals surface area contributed by atoms with Crippen molar-refractivity contribution in [1.29, 1.82) is 0 Å². The second-order valence-electron chi connectivity index (χ2n) is 6.24. The normalized spacial score (nSPS) is 11.6. The van der Waals surface area contributed by atoms with Crippen molar-refractivity contribution in [1.82, 2.24) is 24.5 Å². The molecule has 1 N–H and O–H groups in total. The predicted octanol–water partition coefficient (Wildman–Crippen LogP) is 4.35. The number of ether oxygens (including phenoxy) is 1. The number of hydrogen-bond donors (Lipinski definition) is 1. The number of imidazole rings is 2. The van der Waals surface area contributed by atoms with E-state index in [2.05, 4.69) is 38.8 Å². The summed E-state index contributed by atoms with van der Waals surface area (Å²) >= 11 is 1.64. The van der Waals surface area contributed by atoms with Gasteiger partial charge in [0.05, 0.1) is 33.4 Å². The van der Waals surface area contributed by atoms with Crippen molar-refractivity contribution < 1.29 is 4.74 Å². The largest absolute Gasteiger partial charge is 0.383 e. The number of fused-ring (bicyclic) bond motifs is 2. The highest BCUT2D eigenvalue weighted by Crippen LogP contribution is 2.28. The minimum absolute atomic E-state index is 0.616. The third kappa shape index (κ3) is 2.81. The molecule has 0 fully saturated rings. The third-order valence-electron chi connectivity index (χ3n) is 4.58. The van der Waals surface area contributed by atoms with Crippen molar-refractivity contribution in [3.63, 3.8) is 0 Å². The fourth-order valence-electron chi connectivity index (χ4n) is 3.27. The van der Waals surface area contributed by atoms with Crippen LogP contribution in [-0.4, -0.2) is 38.2 Å². The SMILES string of the molecule is COCCn1c(-c2c[nH]c(-c3ccc4scnc4c3)n2)nc2ccccc21. The van der Waals surface area contributed by atoms with Crippen LogP contribution < -0.4 is 0 Å². The minimum atomic E-state index is 0.616. The van der Waals surface area contributed by atoms with Crippen molar-refractivity contribution in [2.75, 3.05) is 13.7 Å². The lowest BCUT2D eigenvalue weighted by atomic mass is 10.2. The number of nitrogens with zero attached hydrogens (tertiary/aromatic N) is 4. The maximum atomic E-state index is 5.28. The molecule has 134 valence electrons. The van der Waals surface area contributed by atoms with Crippen molar-refractivity contribution in [2.45, 2.75) is 6.54 Å². The quantitative estimate of drug-likeness (QED) is 0.496. The average molecular weight is 375 g/mol. The highest BCUT2D eigenvalue weighted by atomic mass is 32.1. The standard InChI is InChI=1S/C20H17N5OS/c1-26-9-8-25-17-5-3-2-4-14(17)24-20(25)16-11-21-19(23-16)13-6-7-18-15(10-13)22-12-27-18/h2-7,10-12H,8-9H2,1H3,(H,21,23).